The molecule has 1 aliphatic rings. The maximum atomic E-state index is 12.6. The molecule has 0 aliphatic heterocycles. The number of ether oxygens (including phenoxy) is 1. The van der Waals surface area contributed by atoms with E-state index in [2.05, 4.69) is 27.8 Å². The lowest BCUT2D eigenvalue weighted by Crippen LogP contribution is -2.39. The van der Waals surface area contributed by atoms with Crippen LogP contribution in [0.5, 0.6) is 0 Å². The van der Waals surface area contributed by atoms with Gasteiger partial charge < -0.3 is 15.2 Å². The number of amides is 2. The summed E-state index contributed by atoms with van der Waals surface area (Å²) in [6, 6.07) is 19.2. The van der Waals surface area contributed by atoms with Gasteiger partial charge in [-0.25, -0.2) is 9.78 Å². The van der Waals surface area contributed by atoms with Crippen LogP contribution in [0.2, 0.25) is 0 Å². The number of carbonyl (C=O) groups is 3. The fraction of sp³-hybridized carbons (Fsp3) is 0.231. The van der Waals surface area contributed by atoms with Crippen molar-refractivity contribution in [3.05, 3.63) is 83.7 Å². The first-order valence-electron chi connectivity index (χ1n) is 10.9. The zero-order valence-corrected chi connectivity index (χ0v) is 18.9. The van der Waals surface area contributed by atoms with Crippen molar-refractivity contribution in [2.24, 2.45) is 5.41 Å². The van der Waals surface area contributed by atoms with Crippen LogP contribution in [-0.4, -0.2) is 41.2 Å². The minimum absolute atomic E-state index is 0.0304. The molecule has 174 valence electrons. The lowest BCUT2D eigenvalue weighted by atomic mass is 9.94. The Morgan fingerprint density at radius 1 is 0.971 bits per heavy atom. The van der Waals surface area contributed by atoms with Gasteiger partial charge in [0.2, 0.25) is 0 Å². The second-order valence-electron chi connectivity index (χ2n) is 8.72. The summed E-state index contributed by atoms with van der Waals surface area (Å²) in [6.45, 7) is 3.05. The van der Waals surface area contributed by atoms with Crippen LogP contribution in [0.3, 0.4) is 0 Å². The highest BCUT2D eigenvalue weighted by Crippen LogP contribution is 2.44. The van der Waals surface area contributed by atoms with Crippen LogP contribution >= 0.6 is 0 Å². The van der Waals surface area contributed by atoms with E-state index in [9.17, 15) is 19.5 Å². The summed E-state index contributed by atoms with van der Waals surface area (Å²) in [4.78, 5) is 40.5. The van der Waals surface area contributed by atoms with Gasteiger partial charge >= 0.3 is 12.1 Å². The highest BCUT2D eigenvalue weighted by molar-refractivity contribution is 6.01. The molecule has 3 N–H and O–H groups in total. The first-order chi connectivity index (χ1) is 16.3. The van der Waals surface area contributed by atoms with Crippen molar-refractivity contribution >= 4 is 23.7 Å². The molecule has 1 aliphatic carbocycles. The standard InChI is InChI=1S/C26H25N3O5/c1-26(2,24(31)32)15-28-23(30)22-21(12-7-13-27-22)29-25(33)34-14-20-18-10-5-3-8-16(18)17-9-4-6-11-19(17)20/h3-13,20H,14-15H2,1-2H3,(H,28,30)(H,29,33)(H,31,32). The Kier molecular flexibility index (Phi) is 6.32. The third-order valence-corrected chi connectivity index (χ3v) is 5.87. The van der Waals surface area contributed by atoms with E-state index < -0.39 is 23.4 Å². The maximum Gasteiger partial charge on any atom is 0.411 e. The zero-order valence-electron chi connectivity index (χ0n) is 18.9. The number of aromatic nitrogens is 1. The molecule has 4 rings (SSSR count). The van der Waals surface area contributed by atoms with E-state index >= 15 is 0 Å². The van der Waals surface area contributed by atoms with Crippen LogP contribution in [0, 0.1) is 5.41 Å². The minimum atomic E-state index is -1.15. The molecule has 0 radical (unpaired) electrons. The van der Waals surface area contributed by atoms with Crippen molar-refractivity contribution in [3.63, 3.8) is 0 Å². The van der Waals surface area contributed by atoms with Crippen LogP contribution in [0.25, 0.3) is 11.1 Å². The monoisotopic (exact) mass is 459 g/mol. The Morgan fingerprint density at radius 3 is 2.21 bits per heavy atom. The predicted molar refractivity (Wildman–Crippen MR) is 127 cm³/mol. The molecule has 0 fully saturated rings. The third-order valence-electron chi connectivity index (χ3n) is 5.87. The van der Waals surface area contributed by atoms with Crippen molar-refractivity contribution in [1.29, 1.82) is 0 Å². The van der Waals surface area contributed by atoms with E-state index in [0.29, 0.717) is 0 Å². The number of carbonyl (C=O) groups excluding carboxylic acids is 2. The van der Waals surface area contributed by atoms with E-state index in [-0.39, 0.29) is 30.5 Å². The van der Waals surface area contributed by atoms with E-state index in [1.807, 2.05) is 36.4 Å². The number of nitrogens with zero attached hydrogens (tertiary/aromatic N) is 1. The van der Waals surface area contributed by atoms with Gasteiger partial charge in [-0.2, -0.15) is 0 Å². The number of pyridine rings is 1. The molecule has 8 heteroatoms. The Labute approximate surface area is 197 Å². The smallest absolute Gasteiger partial charge is 0.411 e. The quantitative estimate of drug-likeness (QED) is 0.485. The molecule has 0 bridgehead atoms. The van der Waals surface area contributed by atoms with Gasteiger partial charge in [-0.15, -0.1) is 0 Å². The molecule has 34 heavy (non-hydrogen) atoms. The normalized spacial score (nSPS) is 12.4. The highest BCUT2D eigenvalue weighted by Gasteiger charge is 2.30. The molecule has 0 spiro atoms. The molecule has 3 aromatic rings. The van der Waals surface area contributed by atoms with E-state index in [1.165, 1.54) is 26.1 Å². The highest BCUT2D eigenvalue weighted by atomic mass is 16.5. The van der Waals surface area contributed by atoms with Gasteiger partial charge in [-0.3, -0.25) is 14.9 Å². The summed E-state index contributed by atoms with van der Waals surface area (Å²) >= 11 is 0. The van der Waals surface area contributed by atoms with E-state index in [4.69, 9.17) is 4.74 Å². The largest absolute Gasteiger partial charge is 0.481 e. The zero-order chi connectivity index (χ0) is 24.3. The number of hydrogen-bond acceptors (Lipinski definition) is 5. The lowest BCUT2D eigenvalue weighted by Gasteiger charge is -2.20. The molecule has 8 nitrogen and oxygen atoms in total. The van der Waals surface area contributed by atoms with Gasteiger partial charge in [0.1, 0.15) is 6.61 Å². The number of nitrogens with one attached hydrogen (secondary N) is 2. The molecule has 1 heterocycles. The summed E-state index contributed by atoms with van der Waals surface area (Å²) in [5.41, 5.74) is 3.44. The summed E-state index contributed by atoms with van der Waals surface area (Å²) < 4.78 is 5.54. The van der Waals surface area contributed by atoms with Gasteiger partial charge in [0, 0.05) is 18.7 Å². The number of fused-ring (bicyclic) bond motifs is 3. The van der Waals surface area contributed by atoms with Crippen LogP contribution in [0.4, 0.5) is 10.5 Å². The number of hydrogen-bond donors (Lipinski definition) is 3. The van der Waals surface area contributed by atoms with Crippen molar-refractivity contribution in [3.8, 4) is 11.1 Å². The van der Waals surface area contributed by atoms with Gasteiger partial charge in [0.05, 0.1) is 11.1 Å². The number of anilines is 1. The van der Waals surface area contributed by atoms with Crippen molar-refractivity contribution < 1.29 is 24.2 Å². The molecule has 0 saturated carbocycles. The molecule has 2 aromatic carbocycles. The van der Waals surface area contributed by atoms with Gasteiger partial charge in [0.15, 0.2) is 5.69 Å². The van der Waals surface area contributed by atoms with Crippen molar-refractivity contribution in [2.75, 3.05) is 18.5 Å². The number of rotatable bonds is 7. The summed E-state index contributed by atoms with van der Waals surface area (Å²) in [7, 11) is 0. The molecule has 1 aromatic heterocycles. The summed E-state index contributed by atoms with van der Waals surface area (Å²) in [6.07, 6.45) is 0.704. The first-order valence-corrected chi connectivity index (χ1v) is 10.9. The van der Waals surface area contributed by atoms with Crippen LogP contribution in [-0.2, 0) is 9.53 Å². The average Bonchev–Trinajstić information content (AvgIpc) is 3.15. The predicted octanol–water partition coefficient (Wildman–Crippen LogP) is 4.28. The lowest BCUT2D eigenvalue weighted by molar-refractivity contribution is -0.146. The third kappa shape index (κ3) is 4.61. The summed E-state index contributed by atoms with van der Waals surface area (Å²) in [5, 5.41) is 14.4. The Bertz CT molecular complexity index is 1210. The maximum absolute atomic E-state index is 12.6. The van der Waals surface area contributed by atoms with E-state index in [1.54, 1.807) is 6.07 Å². The van der Waals surface area contributed by atoms with Crippen molar-refractivity contribution in [2.45, 2.75) is 19.8 Å². The SMILES string of the molecule is CC(C)(CNC(=O)c1ncccc1NC(=O)OCC1c2ccccc2-c2ccccc21)C(=O)O. The number of benzene rings is 2. The van der Waals surface area contributed by atoms with Crippen molar-refractivity contribution in [1.82, 2.24) is 10.3 Å². The minimum Gasteiger partial charge on any atom is -0.481 e. The van der Waals surface area contributed by atoms with Crippen LogP contribution in [0.1, 0.15) is 41.4 Å². The van der Waals surface area contributed by atoms with E-state index in [0.717, 1.165) is 22.3 Å². The Hall–Kier alpha value is -4.20. The van der Waals surface area contributed by atoms with Crippen LogP contribution in [0.15, 0.2) is 66.9 Å². The number of carboxylic acids is 1. The fourth-order valence-corrected chi connectivity index (χ4v) is 3.89. The topological polar surface area (TPSA) is 118 Å². The van der Waals surface area contributed by atoms with Gasteiger partial charge in [-0.05, 0) is 48.2 Å². The van der Waals surface area contributed by atoms with Gasteiger partial charge in [-0.1, -0.05) is 48.5 Å². The number of aliphatic carboxylic acids is 1. The first kappa shape index (κ1) is 23.0. The van der Waals surface area contributed by atoms with Gasteiger partial charge in [0.25, 0.3) is 5.91 Å². The van der Waals surface area contributed by atoms with Crippen LogP contribution < -0.4 is 10.6 Å². The molecule has 2 amide bonds. The fourth-order valence-electron chi connectivity index (χ4n) is 3.89. The average molecular weight is 460 g/mol. The number of carboxylic acid groups (broad SMARTS) is 1. The molecule has 0 atom stereocenters. The molecular weight excluding hydrogens is 434 g/mol. The Balaban J connectivity index is 1.43. The second-order valence-corrected chi connectivity index (χ2v) is 8.72. The second kappa shape index (κ2) is 9.35. The molecule has 0 unspecified atom stereocenters. The Morgan fingerprint density at radius 2 is 1.59 bits per heavy atom. The molecule has 0 saturated heterocycles. The summed E-state index contributed by atoms with van der Waals surface area (Å²) in [5.74, 6) is -1.72. The molecular formula is C26H25N3O5.